The van der Waals surface area contributed by atoms with E-state index in [9.17, 15) is 0 Å². The minimum atomic E-state index is 0.0339. The Labute approximate surface area is 117 Å². The average molecular weight is 264 g/mol. The van der Waals surface area contributed by atoms with Crippen molar-refractivity contribution in [2.45, 2.75) is 56.1 Å². The fourth-order valence-corrected chi connectivity index (χ4v) is 2.98. The van der Waals surface area contributed by atoms with Gasteiger partial charge < -0.3 is 9.80 Å². The van der Waals surface area contributed by atoms with E-state index in [2.05, 4.69) is 42.3 Å². The minimum Gasteiger partial charge on any atom is -0.304 e. The summed E-state index contributed by atoms with van der Waals surface area (Å²) < 4.78 is 0. The van der Waals surface area contributed by atoms with Crippen molar-refractivity contribution in [3.8, 4) is 6.07 Å². The van der Waals surface area contributed by atoms with Crippen LogP contribution in [0.25, 0.3) is 0 Å². The van der Waals surface area contributed by atoms with Gasteiger partial charge in [0, 0.05) is 24.7 Å². The molecule has 0 aromatic heterocycles. The molecule has 1 unspecified atom stereocenters. The second-order valence-corrected chi connectivity index (χ2v) is 6.62. The lowest BCUT2D eigenvalue weighted by atomic mass is 9.75. The van der Waals surface area contributed by atoms with E-state index in [0.29, 0.717) is 11.6 Å². The molecule has 108 valence electrons. The van der Waals surface area contributed by atoms with E-state index < -0.39 is 0 Å². The predicted octanol–water partition coefficient (Wildman–Crippen LogP) is 1.44. The van der Waals surface area contributed by atoms with Gasteiger partial charge in [-0.15, -0.1) is 0 Å². The van der Waals surface area contributed by atoms with Gasteiger partial charge in [0.05, 0.1) is 12.1 Å². The molecule has 2 fully saturated rings. The molecule has 0 radical (unpaired) electrons. The molecule has 0 saturated heterocycles. The maximum absolute atomic E-state index is 9.15. The van der Waals surface area contributed by atoms with Gasteiger partial charge in [0.2, 0.25) is 0 Å². The van der Waals surface area contributed by atoms with Gasteiger partial charge in [0.25, 0.3) is 0 Å². The van der Waals surface area contributed by atoms with Gasteiger partial charge in [-0.05, 0) is 59.7 Å². The molecule has 0 heterocycles. The van der Waals surface area contributed by atoms with Crippen LogP contribution in [-0.2, 0) is 0 Å². The molecule has 0 aromatic rings. The predicted molar refractivity (Wildman–Crippen MR) is 77.9 cm³/mol. The van der Waals surface area contributed by atoms with Crippen LogP contribution in [0.2, 0.25) is 0 Å². The van der Waals surface area contributed by atoms with Crippen molar-refractivity contribution in [3.05, 3.63) is 0 Å². The molecule has 0 spiro atoms. The van der Waals surface area contributed by atoms with Crippen LogP contribution >= 0.6 is 0 Å². The van der Waals surface area contributed by atoms with Crippen molar-refractivity contribution in [1.82, 2.24) is 15.1 Å². The van der Waals surface area contributed by atoms with Crippen molar-refractivity contribution in [3.63, 3.8) is 0 Å². The fourth-order valence-electron chi connectivity index (χ4n) is 2.98. The van der Waals surface area contributed by atoms with Crippen LogP contribution in [0.4, 0.5) is 0 Å². The summed E-state index contributed by atoms with van der Waals surface area (Å²) >= 11 is 0. The first-order valence-electron chi connectivity index (χ1n) is 7.57. The molecule has 0 aromatic carbocycles. The quantitative estimate of drug-likeness (QED) is 0.720. The maximum atomic E-state index is 9.15. The van der Waals surface area contributed by atoms with E-state index in [1.807, 2.05) is 0 Å². The van der Waals surface area contributed by atoms with Crippen LogP contribution in [0, 0.1) is 11.3 Å². The number of hydrogen-bond acceptors (Lipinski definition) is 4. The second kappa shape index (κ2) is 6.21. The number of hydrogen-bond donors (Lipinski definition) is 1. The van der Waals surface area contributed by atoms with Crippen molar-refractivity contribution in [1.29, 1.82) is 5.26 Å². The number of nitrogens with one attached hydrogen (secondary N) is 1. The third-order valence-electron chi connectivity index (χ3n) is 4.77. The van der Waals surface area contributed by atoms with Gasteiger partial charge in [-0.3, -0.25) is 5.32 Å². The number of rotatable bonds is 8. The molecule has 2 saturated carbocycles. The van der Waals surface area contributed by atoms with Crippen LogP contribution < -0.4 is 5.32 Å². The number of nitriles is 1. The minimum absolute atomic E-state index is 0.0339. The first-order chi connectivity index (χ1) is 9.05. The molecule has 2 aliphatic carbocycles. The highest BCUT2D eigenvalue weighted by atomic mass is 15.2. The molecule has 0 bridgehead atoms. The van der Waals surface area contributed by atoms with Crippen molar-refractivity contribution in [2.24, 2.45) is 0 Å². The third kappa shape index (κ3) is 3.92. The molecule has 4 heteroatoms. The summed E-state index contributed by atoms with van der Waals surface area (Å²) in [4.78, 5) is 4.79. The lowest BCUT2D eigenvalue weighted by Crippen LogP contribution is -2.56. The SMILES string of the molecule is CN(CCC(C#N)NC1CC1)CC1(N(C)C)CCC1. The Hall–Kier alpha value is -0.630. The standard InChI is InChI=1S/C15H28N4/c1-18(2)15(8-4-9-15)12-19(3)10-7-14(11-16)17-13-5-6-13/h13-14,17H,4-10,12H2,1-3H3. The fraction of sp³-hybridized carbons (Fsp3) is 0.933. The highest BCUT2D eigenvalue weighted by molar-refractivity contribution is 4.99. The van der Waals surface area contributed by atoms with E-state index in [1.54, 1.807) is 0 Å². The summed E-state index contributed by atoms with van der Waals surface area (Å²) in [5.74, 6) is 0. The summed E-state index contributed by atoms with van der Waals surface area (Å²) in [5, 5.41) is 12.6. The van der Waals surface area contributed by atoms with Gasteiger partial charge in [0.15, 0.2) is 0 Å². The third-order valence-corrected chi connectivity index (χ3v) is 4.77. The Bertz CT molecular complexity index is 326. The van der Waals surface area contributed by atoms with E-state index in [-0.39, 0.29) is 6.04 Å². The van der Waals surface area contributed by atoms with Crippen LogP contribution in [0.1, 0.15) is 38.5 Å². The molecular weight excluding hydrogens is 236 g/mol. The molecule has 1 N–H and O–H groups in total. The Morgan fingerprint density at radius 3 is 2.42 bits per heavy atom. The van der Waals surface area contributed by atoms with E-state index in [0.717, 1.165) is 19.5 Å². The van der Waals surface area contributed by atoms with Crippen molar-refractivity contribution in [2.75, 3.05) is 34.2 Å². The lowest BCUT2D eigenvalue weighted by Gasteiger charge is -2.49. The zero-order chi connectivity index (χ0) is 13.9. The van der Waals surface area contributed by atoms with Gasteiger partial charge in [0.1, 0.15) is 0 Å². The molecule has 0 amide bonds. The molecule has 2 aliphatic rings. The largest absolute Gasteiger partial charge is 0.304 e. The topological polar surface area (TPSA) is 42.3 Å². The van der Waals surface area contributed by atoms with E-state index in [1.165, 1.54) is 32.1 Å². The van der Waals surface area contributed by atoms with Gasteiger partial charge >= 0.3 is 0 Å². The van der Waals surface area contributed by atoms with Crippen LogP contribution in [0.15, 0.2) is 0 Å². The smallest absolute Gasteiger partial charge is 0.0967 e. The van der Waals surface area contributed by atoms with Crippen LogP contribution in [0.5, 0.6) is 0 Å². The Morgan fingerprint density at radius 1 is 1.32 bits per heavy atom. The monoisotopic (exact) mass is 264 g/mol. The zero-order valence-electron chi connectivity index (χ0n) is 12.7. The summed E-state index contributed by atoms with van der Waals surface area (Å²) in [6, 6.07) is 3.05. The first kappa shape index (κ1) is 14.8. The Balaban J connectivity index is 1.71. The van der Waals surface area contributed by atoms with Gasteiger partial charge in [-0.2, -0.15) is 5.26 Å². The van der Waals surface area contributed by atoms with Crippen LogP contribution in [-0.4, -0.2) is 61.7 Å². The normalized spacial score (nSPS) is 23.2. The molecule has 4 nitrogen and oxygen atoms in total. The second-order valence-electron chi connectivity index (χ2n) is 6.62. The highest BCUT2D eigenvalue weighted by Crippen LogP contribution is 2.36. The highest BCUT2D eigenvalue weighted by Gasteiger charge is 2.39. The average Bonchev–Trinajstić information content (AvgIpc) is 3.12. The Morgan fingerprint density at radius 2 is 2.00 bits per heavy atom. The summed E-state index contributed by atoms with van der Waals surface area (Å²) in [7, 11) is 6.58. The summed E-state index contributed by atoms with van der Waals surface area (Å²) in [6.07, 6.45) is 7.41. The van der Waals surface area contributed by atoms with Gasteiger partial charge in [-0.25, -0.2) is 0 Å². The molecule has 2 rings (SSSR count). The molecule has 0 aliphatic heterocycles. The number of likely N-dealkylation sites (N-methyl/N-ethyl adjacent to an activating group) is 2. The van der Waals surface area contributed by atoms with Crippen molar-refractivity contribution >= 4 is 0 Å². The summed E-state index contributed by atoms with van der Waals surface area (Å²) in [6.45, 7) is 2.13. The zero-order valence-corrected chi connectivity index (χ0v) is 12.7. The summed E-state index contributed by atoms with van der Waals surface area (Å²) in [5.41, 5.74) is 0.390. The Kier molecular flexibility index (Phi) is 4.83. The van der Waals surface area contributed by atoms with Crippen LogP contribution in [0.3, 0.4) is 0 Å². The van der Waals surface area contributed by atoms with Crippen molar-refractivity contribution < 1.29 is 0 Å². The molecule has 1 atom stereocenters. The molecule has 19 heavy (non-hydrogen) atoms. The maximum Gasteiger partial charge on any atom is 0.0967 e. The van der Waals surface area contributed by atoms with Gasteiger partial charge in [-0.1, -0.05) is 0 Å². The molecular formula is C15H28N4. The van der Waals surface area contributed by atoms with E-state index in [4.69, 9.17) is 5.26 Å². The number of nitrogens with zero attached hydrogens (tertiary/aromatic N) is 3. The first-order valence-corrected chi connectivity index (χ1v) is 7.57. The lowest BCUT2D eigenvalue weighted by molar-refractivity contribution is 0.0273. The van der Waals surface area contributed by atoms with E-state index >= 15 is 0 Å².